The summed E-state index contributed by atoms with van der Waals surface area (Å²) in [4.78, 5) is 2.49. The molecule has 0 aliphatic heterocycles. The monoisotopic (exact) mass is 787 g/mol. The molecule has 288 valence electrons. The van der Waals surface area contributed by atoms with Gasteiger partial charge < -0.3 is 4.90 Å². The highest BCUT2D eigenvalue weighted by Gasteiger charge is 2.34. The summed E-state index contributed by atoms with van der Waals surface area (Å²) in [7, 11) is 0. The van der Waals surface area contributed by atoms with Gasteiger partial charge in [-0.25, -0.2) is 0 Å². The molecule has 0 atom stereocenters. The Hall–Kier alpha value is -7.00. The number of anilines is 3. The van der Waals surface area contributed by atoms with Crippen LogP contribution in [0.1, 0.15) is 31.9 Å². The summed E-state index contributed by atoms with van der Waals surface area (Å²) in [5.41, 5.74) is 18.1. The minimum Gasteiger partial charge on any atom is -0.310 e. The van der Waals surface area contributed by atoms with Crippen LogP contribution in [-0.4, -0.2) is 0 Å². The molecule has 60 heavy (non-hydrogen) atoms. The van der Waals surface area contributed by atoms with Crippen LogP contribution in [0.2, 0.25) is 0 Å². The van der Waals surface area contributed by atoms with Gasteiger partial charge in [0.15, 0.2) is 0 Å². The highest BCUT2D eigenvalue weighted by Crippen LogP contribution is 2.51. The lowest BCUT2D eigenvalue weighted by molar-refractivity contribution is 0.639. The van der Waals surface area contributed by atoms with Gasteiger partial charge in [0.2, 0.25) is 0 Å². The molecule has 2 heteroatoms. The van der Waals surface area contributed by atoms with Gasteiger partial charge in [-0.05, 0) is 111 Å². The van der Waals surface area contributed by atoms with E-state index in [4.69, 9.17) is 0 Å². The molecule has 1 nitrogen and oxygen atoms in total. The van der Waals surface area contributed by atoms with Crippen molar-refractivity contribution in [2.24, 2.45) is 0 Å². The molecule has 1 aromatic heterocycles. The van der Waals surface area contributed by atoms with Crippen LogP contribution in [0.15, 0.2) is 218 Å². The molecule has 0 fully saturated rings. The van der Waals surface area contributed by atoms with E-state index >= 15 is 0 Å². The van der Waals surface area contributed by atoms with E-state index in [1.807, 2.05) is 23.5 Å². The van der Waals surface area contributed by atoms with Gasteiger partial charge in [0.05, 0.1) is 5.69 Å². The minimum absolute atomic E-state index is 0.0898. The quantitative estimate of drug-likeness (QED) is 0.132. The van der Waals surface area contributed by atoms with Gasteiger partial charge in [-0.2, -0.15) is 0 Å². The highest BCUT2D eigenvalue weighted by atomic mass is 32.1. The number of fused-ring (bicyclic) bond motifs is 4. The van der Waals surface area contributed by atoms with Crippen molar-refractivity contribution < 1.29 is 0 Å². The fourth-order valence-electron chi connectivity index (χ4n) is 9.14. The van der Waals surface area contributed by atoms with E-state index in [2.05, 4.69) is 226 Å². The van der Waals surface area contributed by atoms with Crippen molar-refractivity contribution in [3.63, 3.8) is 0 Å². The van der Waals surface area contributed by atoms with Crippen molar-refractivity contribution in [3.05, 3.63) is 230 Å². The molecule has 9 aromatic rings. The van der Waals surface area contributed by atoms with E-state index in [0.717, 1.165) is 17.1 Å². The zero-order chi connectivity index (χ0) is 40.8. The lowest BCUT2D eigenvalue weighted by atomic mass is 9.81. The number of benzene rings is 8. The van der Waals surface area contributed by atoms with Crippen LogP contribution >= 0.6 is 11.3 Å². The maximum absolute atomic E-state index is 3.93. The molecule has 1 aliphatic rings. The van der Waals surface area contributed by atoms with Crippen molar-refractivity contribution in [1.29, 1.82) is 0 Å². The molecular weight excluding hydrogens is 743 g/mol. The van der Waals surface area contributed by atoms with Crippen molar-refractivity contribution in [3.8, 4) is 44.5 Å². The number of allylic oxidation sites excluding steroid dienone is 5. The molecule has 8 aromatic carbocycles. The van der Waals surface area contributed by atoms with Crippen LogP contribution < -0.4 is 4.90 Å². The normalized spacial score (nSPS) is 13.3. The standard InChI is InChI=1S/C58H45NS/c1-5-6-25-46-39(2)58(3,4)53-37-43(32-34-49(46)53)42-23-17-24-44(36-42)59(45-33-35-56-52(38-45)50-27-15-16-31-55(50)60-56)54-30-18-29-48(41-21-11-8-12-22-41)57(54)51-28-14-13-26-47(51)40-19-9-7-10-20-40/h5-38H,1H2,2-4H3/b25-6-. The van der Waals surface area contributed by atoms with Gasteiger partial charge in [0, 0.05) is 42.5 Å². The van der Waals surface area contributed by atoms with Gasteiger partial charge in [-0.3, -0.25) is 0 Å². The van der Waals surface area contributed by atoms with E-state index in [1.165, 1.54) is 87.0 Å². The molecule has 0 N–H and O–H groups in total. The van der Waals surface area contributed by atoms with Crippen LogP contribution in [0, 0.1) is 0 Å². The molecule has 1 heterocycles. The van der Waals surface area contributed by atoms with Crippen LogP contribution in [0.4, 0.5) is 17.1 Å². The van der Waals surface area contributed by atoms with Crippen molar-refractivity contribution >= 4 is 54.1 Å². The molecule has 0 spiro atoms. The van der Waals surface area contributed by atoms with Crippen LogP contribution in [0.25, 0.3) is 70.3 Å². The number of nitrogens with zero attached hydrogens (tertiary/aromatic N) is 1. The van der Waals surface area contributed by atoms with Crippen LogP contribution in [0.3, 0.4) is 0 Å². The molecule has 1 aliphatic carbocycles. The first-order valence-electron chi connectivity index (χ1n) is 20.7. The van der Waals surface area contributed by atoms with E-state index < -0.39 is 0 Å². The third-order valence-corrected chi connectivity index (χ3v) is 13.6. The second-order valence-corrected chi connectivity index (χ2v) is 17.2. The zero-order valence-electron chi connectivity index (χ0n) is 34.2. The topological polar surface area (TPSA) is 3.24 Å². The Morgan fingerprint density at radius 2 is 1.12 bits per heavy atom. The number of thiophene rings is 1. The lowest BCUT2D eigenvalue weighted by Crippen LogP contribution is -2.15. The summed E-state index contributed by atoms with van der Waals surface area (Å²) in [5, 5.41) is 2.55. The third-order valence-electron chi connectivity index (χ3n) is 12.4. The minimum atomic E-state index is -0.0898. The Balaban J connectivity index is 1.22. The van der Waals surface area contributed by atoms with E-state index in [1.54, 1.807) is 0 Å². The van der Waals surface area contributed by atoms with E-state index in [-0.39, 0.29) is 5.41 Å². The smallest absolute Gasteiger partial charge is 0.0546 e. The molecule has 0 radical (unpaired) electrons. The van der Waals surface area contributed by atoms with Crippen molar-refractivity contribution in [1.82, 2.24) is 0 Å². The Bertz CT molecular complexity index is 3140. The molecule has 0 bridgehead atoms. The maximum atomic E-state index is 3.93. The van der Waals surface area contributed by atoms with Gasteiger partial charge in [-0.15, -0.1) is 11.3 Å². The average molecular weight is 788 g/mol. The third kappa shape index (κ3) is 6.41. The Morgan fingerprint density at radius 3 is 1.90 bits per heavy atom. The summed E-state index contributed by atoms with van der Waals surface area (Å²) in [6.07, 6.45) is 6.11. The first-order valence-corrected chi connectivity index (χ1v) is 21.5. The van der Waals surface area contributed by atoms with Crippen molar-refractivity contribution in [2.75, 3.05) is 4.90 Å². The zero-order valence-corrected chi connectivity index (χ0v) is 35.0. The summed E-state index contributed by atoms with van der Waals surface area (Å²) in [6, 6.07) is 69.2. The Labute approximate surface area is 357 Å². The predicted molar refractivity (Wildman–Crippen MR) is 261 cm³/mol. The predicted octanol–water partition coefficient (Wildman–Crippen LogP) is 17.0. The molecular formula is C58H45NS. The van der Waals surface area contributed by atoms with Crippen molar-refractivity contribution in [2.45, 2.75) is 26.2 Å². The van der Waals surface area contributed by atoms with E-state index in [9.17, 15) is 0 Å². The van der Waals surface area contributed by atoms with Gasteiger partial charge >= 0.3 is 0 Å². The fourth-order valence-corrected chi connectivity index (χ4v) is 10.2. The van der Waals surface area contributed by atoms with Crippen LogP contribution in [0.5, 0.6) is 0 Å². The maximum Gasteiger partial charge on any atom is 0.0546 e. The number of rotatable bonds is 9. The first kappa shape index (κ1) is 37.3. The lowest BCUT2D eigenvalue weighted by Gasteiger charge is -2.30. The summed E-state index contributed by atoms with van der Waals surface area (Å²) in [5.74, 6) is 0. The first-order chi connectivity index (χ1) is 29.4. The SMILES string of the molecule is C=C/C=C\C1=C(C)C(C)(C)c2cc(-c3cccc(N(c4ccc5sc6ccccc6c5c4)c4cccc(-c5ccccc5)c4-c4ccccc4-c4ccccc4)c3)ccc21. The summed E-state index contributed by atoms with van der Waals surface area (Å²) in [6.45, 7) is 10.9. The summed E-state index contributed by atoms with van der Waals surface area (Å²) < 4.78 is 2.59. The molecule has 0 unspecified atom stereocenters. The number of hydrogen-bond donors (Lipinski definition) is 0. The molecule has 0 saturated carbocycles. The second kappa shape index (κ2) is 15.3. The van der Waals surface area contributed by atoms with E-state index in [0.29, 0.717) is 0 Å². The molecule has 0 saturated heterocycles. The number of hydrogen-bond acceptors (Lipinski definition) is 2. The fraction of sp³-hybridized carbons (Fsp3) is 0.0690. The van der Waals surface area contributed by atoms with Gasteiger partial charge in [0.1, 0.15) is 0 Å². The highest BCUT2D eigenvalue weighted by molar-refractivity contribution is 7.25. The molecule has 0 amide bonds. The van der Waals surface area contributed by atoms with Gasteiger partial charge in [0.25, 0.3) is 0 Å². The van der Waals surface area contributed by atoms with Crippen LogP contribution in [-0.2, 0) is 5.41 Å². The Kier molecular flexibility index (Phi) is 9.51. The largest absolute Gasteiger partial charge is 0.310 e. The van der Waals surface area contributed by atoms with Gasteiger partial charge in [-0.1, -0.05) is 184 Å². The average Bonchev–Trinajstić information content (AvgIpc) is 3.76. The second-order valence-electron chi connectivity index (χ2n) is 16.2. The molecule has 10 rings (SSSR count). The summed E-state index contributed by atoms with van der Waals surface area (Å²) >= 11 is 1.86. The Morgan fingerprint density at radius 1 is 0.500 bits per heavy atom.